The summed E-state index contributed by atoms with van der Waals surface area (Å²) in [5.41, 5.74) is 3.08. The van der Waals surface area contributed by atoms with Crippen LogP contribution in [-0.2, 0) is 6.42 Å². The molecule has 1 aromatic carbocycles. The molecule has 2 nitrogen and oxygen atoms in total. The second-order valence-corrected chi connectivity index (χ2v) is 3.64. The Morgan fingerprint density at radius 1 is 1.43 bits per heavy atom. The second kappa shape index (κ2) is 4.66. The third-order valence-electron chi connectivity index (χ3n) is 2.06. The van der Waals surface area contributed by atoms with Crippen LogP contribution >= 0.6 is 0 Å². The van der Waals surface area contributed by atoms with Crippen molar-refractivity contribution in [2.45, 2.75) is 33.2 Å². The number of hydrogen-bond donors (Lipinski definition) is 1. The first-order chi connectivity index (χ1) is 6.67. The molecule has 0 saturated heterocycles. The molecule has 0 aliphatic carbocycles. The summed E-state index contributed by atoms with van der Waals surface area (Å²) in [6, 6.07) is 8.36. The lowest BCUT2D eigenvalue weighted by Crippen LogP contribution is -2.11. The zero-order valence-electron chi connectivity index (χ0n) is 8.96. The minimum absolute atomic E-state index is 0.424. The van der Waals surface area contributed by atoms with Crippen molar-refractivity contribution in [3.05, 3.63) is 29.3 Å². The molecule has 0 saturated carbocycles. The minimum atomic E-state index is 0.424. The molecule has 0 aliphatic heterocycles. The van der Waals surface area contributed by atoms with Crippen molar-refractivity contribution in [2.24, 2.45) is 0 Å². The van der Waals surface area contributed by atoms with E-state index in [1.807, 2.05) is 18.2 Å². The summed E-state index contributed by atoms with van der Waals surface area (Å²) in [4.78, 5) is 0. The summed E-state index contributed by atoms with van der Waals surface area (Å²) >= 11 is 0. The van der Waals surface area contributed by atoms with Gasteiger partial charge in [0.25, 0.3) is 0 Å². The number of rotatable bonds is 3. The Morgan fingerprint density at radius 3 is 2.64 bits per heavy atom. The van der Waals surface area contributed by atoms with E-state index in [-0.39, 0.29) is 0 Å². The number of nitriles is 1. The first-order valence-electron chi connectivity index (χ1n) is 4.97. The molecule has 14 heavy (non-hydrogen) atoms. The molecule has 0 amide bonds. The van der Waals surface area contributed by atoms with Crippen LogP contribution in [-0.4, -0.2) is 6.04 Å². The third-order valence-corrected chi connectivity index (χ3v) is 2.06. The minimum Gasteiger partial charge on any atom is -0.383 e. The first kappa shape index (κ1) is 10.6. The van der Waals surface area contributed by atoms with Gasteiger partial charge in [0.05, 0.1) is 11.6 Å². The van der Waals surface area contributed by atoms with Crippen LogP contribution in [0.2, 0.25) is 0 Å². The molecule has 0 fully saturated rings. The highest BCUT2D eigenvalue weighted by molar-refractivity contribution is 5.55. The molecule has 1 aromatic rings. The summed E-state index contributed by atoms with van der Waals surface area (Å²) in [7, 11) is 0. The standard InChI is InChI=1S/C12H16N2/c1-4-11-7-10(8-13)5-6-12(11)14-9(2)3/h5-7,9,14H,4H2,1-3H3. The Labute approximate surface area is 85.6 Å². The first-order valence-corrected chi connectivity index (χ1v) is 4.97. The van der Waals surface area contributed by atoms with Gasteiger partial charge in [-0.3, -0.25) is 0 Å². The van der Waals surface area contributed by atoms with Crippen molar-refractivity contribution in [3.63, 3.8) is 0 Å². The highest BCUT2D eigenvalue weighted by atomic mass is 14.9. The van der Waals surface area contributed by atoms with Gasteiger partial charge in [-0.25, -0.2) is 0 Å². The zero-order valence-corrected chi connectivity index (χ0v) is 8.96. The molecule has 0 spiro atoms. The molecule has 2 heteroatoms. The lowest BCUT2D eigenvalue weighted by Gasteiger charge is -2.13. The Hall–Kier alpha value is -1.49. The van der Waals surface area contributed by atoms with E-state index in [1.54, 1.807) is 0 Å². The number of anilines is 1. The fourth-order valence-electron chi connectivity index (χ4n) is 1.41. The maximum Gasteiger partial charge on any atom is 0.0991 e. The van der Waals surface area contributed by atoms with Crippen molar-refractivity contribution in [1.29, 1.82) is 5.26 Å². The average molecular weight is 188 g/mol. The Balaban J connectivity index is 3.00. The fraction of sp³-hybridized carbons (Fsp3) is 0.417. The molecule has 0 heterocycles. The predicted octanol–water partition coefficient (Wildman–Crippen LogP) is 2.94. The summed E-state index contributed by atoms with van der Waals surface area (Å²) in [5.74, 6) is 0. The van der Waals surface area contributed by atoms with Gasteiger partial charge in [0, 0.05) is 11.7 Å². The second-order valence-electron chi connectivity index (χ2n) is 3.64. The zero-order chi connectivity index (χ0) is 10.6. The Bertz CT molecular complexity index is 348. The largest absolute Gasteiger partial charge is 0.383 e. The summed E-state index contributed by atoms with van der Waals surface area (Å²) in [5, 5.41) is 12.1. The van der Waals surface area contributed by atoms with Crippen molar-refractivity contribution in [3.8, 4) is 6.07 Å². The molecule has 0 atom stereocenters. The molecule has 0 aromatic heterocycles. The van der Waals surface area contributed by atoms with E-state index in [4.69, 9.17) is 5.26 Å². The normalized spacial score (nSPS) is 9.93. The van der Waals surface area contributed by atoms with Crippen LogP contribution < -0.4 is 5.32 Å². The van der Waals surface area contributed by atoms with E-state index in [9.17, 15) is 0 Å². The van der Waals surface area contributed by atoms with Gasteiger partial charge in [0.1, 0.15) is 0 Å². The molecule has 0 aliphatic rings. The topological polar surface area (TPSA) is 35.8 Å². The highest BCUT2D eigenvalue weighted by Gasteiger charge is 2.02. The van der Waals surface area contributed by atoms with Gasteiger partial charge in [-0.15, -0.1) is 0 Å². The van der Waals surface area contributed by atoms with Crippen LogP contribution in [0.5, 0.6) is 0 Å². The van der Waals surface area contributed by atoms with Crippen LogP contribution in [0.25, 0.3) is 0 Å². The van der Waals surface area contributed by atoms with E-state index < -0.39 is 0 Å². The van der Waals surface area contributed by atoms with E-state index in [0.717, 1.165) is 17.7 Å². The van der Waals surface area contributed by atoms with Gasteiger partial charge in [0.15, 0.2) is 0 Å². The van der Waals surface area contributed by atoms with E-state index >= 15 is 0 Å². The molecule has 74 valence electrons. The lowest BCUT2D eigenvalue weighted by molar-refractivity contribution is 0.894. The summed E-state index contributed by atoms with van der Waals surface area (Å²) < 4.78 is 0. The molecule has 1 rings (SSSR count). The predicted molar refractivity (Wildman–Crippen MR) is 59.3 cm³/mol. The molecule has 0 bridgehead atoms. The van der Waals surface area contributed by atoms with Gasteiger partial charge >= 0.3 is 0 Å². The molecule has 0 radical (unpaired) electrons. The van der Waals surface area contributed by atoms with Crippen molar-refractivity contribution >= 4 is 5.69 Å². The van der Waals surface area contributed by atoms with Crippen LogP contribution in [0.1, 0.15) is 31.9 Å². The van der Waals surface area contributed by atoms with Crippen molar-refractivity contribution in [2.75, 3.05) is 5.32 Å². The molecular formula is C12H16N2. The van der Waals surface area contributed by atoms with Crippen LogP contribution in [0, 0.1) is 11.3 Å². The van der Waals surface area contributed by atoms with Crippen molar-refractivity contribution in [1.82, 2.24) is 0 Å². The van der Waals surface area contributed by atoms with Crippen LogP contribution in [0.4, 0.5) is 5.69 Å². The lowest BCUT2D eigenvalue weighted by atomic mass is 10.1. The van der Waals surface area contributed by atoms with Gasteiger partial charge in [-0.1, -0.05) is 6.92 Å². The van der Waals surface area contributed by atoms with Gasteiger partial charge in [-0.05, 0) is 44.0 Å². The number of nitrogens with zero attached hydrogens (tertiary/aromatic N) is 1. The van der Waals surface area contributed by atoms with Gasteiger partial charge in [-0.2, -0.15) is 5.26 Å². The van der Waals surface area contributed by atoms with E-state index in [1.165, 1.54) is 5.56 Å². The highest BCUT2D eigenvalue weighted by Crippen LogP contribution is 2.18. The monoisotopic (exact) mass is 188 g/mol. The summed E-state index contributed by atoms with van der Waals surface area (Å²) in [6.07, 6.45) is 0.949. The number of benzene rings is 1. The number of hydrogen-bond acceptors (Lipinski definition) is 2. The van der Waals surface area contributed by atoms with E-state index in [2.05, 4.69) is 32.2 Å². The Kier molecular flexibility index (Phi) is 3.53. The fourth-order valence-corrected chi connectivity index (χ4v) is 1.41. The van der Waals surface area contributed by atoms with E-state index in [0.29, 0.717) is 6.04 Å². The number of nitrogens with one attached hydrogen (secondary N) is 1. The Morgan fingerprint density at radius 2 is 2.14 bits per heavy atom. The average Bonchev–Trinajstić information content (AvgIpc) is 2.17. The molecule has 0 unspecified atom stereocenters. The van der Waals surface area contributed by atoms with Crippen molar-refractivity contribution < 1.29 is 0 Å². The van der Waals surface area contributed by atoms with Crippen LogP contribution in [0.15, 0.2) is 18.2 Å². The third kappa shape index (κ3) is 2.50. The molecule has 1 N–H and O–H groups in total. The van der Waals surface area contributed by atoms with Gasteiger partial charge < -0.3 is 5.32 Å². The van der Waals surface area contributed by atoms with Crippen LogP contribution in [0.3, 0.4) is 0 Å². The maximum absolute atomic E-state index is 8.76. The summed E-state index contributed by atoms with van der Waals surface area (Å²) in [6.45, 7) is 6.32. The SMILES string of the molecule is CCc1cc(C#N)ccc1NC(C)C. The molecular weight excluding hydrogens is 172 g/mol. The van der Waals surface area contributed by atoms with Gasteiger partial charge in [0.2, 0.25) is 0 Å². The smallest absolute Gasteiger partial charge is 0.0991 e. The quantitative estimate of drug-likeness (QED) is 0.791. The number of aryl methyl sites for hydroxylation is 1. The maximum atomic E-state index is 8.76.